The van der Waals surface area contributed by atoms with Crippen molar-refractivity contribution in [3.05, 3.63) is 80.9 Å². The normalized spacial score (nSPS) is 11.8. The predicted molar refractivity (Wildman–Crippen MR) is 141 cm³/mol. The highest BCUT2D eigenvalue weighted by Gasteiger charge is 2.27. The summed E-state index contributed by atoms with van der Waals surface area (Å²) in [7, 11) is 0. The third-order valence-corrected chi connectivity index (χ3v) is 7.43. The molecule has 2 aromatic carbocycles. The summed E-state index contributed by atoms with van der Waals surface area (Å²) in [5.41, 5.74) is 3.02. The van der Waals surface area contributed by atoms with E-state index >= 15 is 0 Å². The lowest BCUT2D eigenvalue weighted by Crippen LogP contribution is -2.10. The molecular weight excluding hydrogens is 525 g/mol. The molecule has 0 fully saturated rings. The molecule has 0 saturated heterocycles. The topological polar surface area (TPSA) is 74.3 Å². The van der Waals surface area contributed by atoms with Crippen LogP contribution in [0.1, 0.15) is 31.5 Å². The highest BCUT2D eigenvalue weighted by atomic mass is 35.5. The van der Waals surface area contributed by atoms with Crippen molar-refractivity contribution in [2.45, 2.75) is 32.7 Å². The van der Waals surface area contributed by atoms with Crippen LogP contribution in [0.5, 0.6) is 0 Å². The largest absolute Gasteiger partial charge is 0.294 e. The molecule has 0 amide bonds. The molecule has 0 unspecified atom stereocenters. The van der Waals surface area contributed by atoms with Gasteiger partial charge in [0.1, 0.15) is 29.2 Å². The molecule has 0 atom stereocenters. The molecule has 178 valence electrons. The number of rotatable bonds is 5. The summed E-state index contributed by atoms with van der Waals surface area (Å²) >= 11 is 20.6. The molecule has 7 nitrogen and oxygen atoms in total. The van der Waals surface area contributed by atoms with Crippen molar-refractivity contribution < 1.29 is 0 Å². The maximum absolute atomic E-state index is 6.65. The Balaban J connectivity index is 1.81. The molecule has 0 aliphatic carbocycles. The lowest BCUT2D eigenvalue weighted by molar-refractivity contribution is 0.578. The number of halogens is 3. The first-order valence-corrected chi connectivity index (χ1v) is 12.7. The molecule has 0 saturated carbocycles. The number of benzene rings is 2. The quantitative estimate of drug-likeness (QED) is 0.239. The minimum absolute atomic E-state index is 0.136. The van der Waals surface area contributed by atoms with E-state index in [0.29, 0.717) is 38.1 Å². The van der Waals surface area contributed by atoms with E-state index in [1.165, 1.54) is 17.7 Å². The minimum atomic E-state index is -0.136. The number of hydrogen-bond donors (Lipinski definition) is 0. The van der Waals surface area contributed by atoms with Crippen LogP contribution in [0.25, 0.3) is 27.8 Å². The Bertz CT molecular complexity index is 1480. The number of hydrogen-bond acceptors (Lipinski definition) is 6. The summed E-state index contributed by atoms with van der Waals surface area (Å²) < 4.78 is 3.78. The summed E-state index contributed by atoms with van der Waals surface area (Å²) in [6.07, 6.45) is 3.17. The Morgan fingerprint density at radius 2 is 1.69 bits per heavy atom. The van der Waals surface area contributed by atoms with Crippen molar-refractivity contribution in [1.29, 1.82) is 0 Å². The van der Waals surface area contributed by atoms with Gasteiger partial charge in [0, 0.05) is 26.7 Å². The van der Waals surface area contributed by atoms with E-state index in [-0.39, 0.29) is 5.41 Å². The van der Waals surface area contributed by atoms with E-state index in [1.807, 2.05) is 34.9 Å². The predicted octanol–water partition coefficient (Wildman–Crippen LogP) is 6.96. The summed E-state index contributed by atoms with van der Waals surface area (Å²) in [4.78, 5) is 9.17. The SMILES string of the molecule is CC(C)(C)c1nnc(-c2nc(-c3ccc(Cl)cc3Cl)n(-c3ccc(Cl)cc3)c2Cn2cncn2)s1. The van der Waals surface area contributed by atoms with E-state index in [1.54, 1.807) is 23.1 Å². The molecular formula is C24H20Cl3N7S. The van der Waals surface area contributed by atoms with Crippen molar-refractivity contribution >= 4 is 46.1 Å². The van der Waals surface area contributed by atoms with Gasteiger partial charge in [0.25, 0.3) is 0 Å². The molecule has 0 bridgehead atoms. The maximum Gasteiger partial charge on any atom is 0.168 e. The molecule has 0 N–H and O–H groups in total. The number of nitrogens with zero attached hydrogens (tertiary/aromatic N) is 7. The van der Waals surface area contributed by atoms with Crippen LogP contribution >= 0.6 is 46.1 Å². The van der Waals surface area contributed by atoms with Crippen LogP contribution in [0, 0.1) is 0 Å². The van der Waals surface area contributed by atoms with Gasteiger partial charge in [-0.2, -0.15) is 5.10 Å². The van der Waals surface area contributed by atoms with Crippen LogP contribution in [0.3, 0.4) is 0 Å². The lowest BCUT2D eigenvalue weighted by Gasteiger charge is -2.14. The van der Waals surface area contributed by atoms with Crippen LogP contribution in [0.15, 0.2) is 55.1 Å². The zero-order valence-corrected chi connectivity index (χ0v) is 22.2. The van der Waals surface area contributed by atoms with Crippen molar-refractivity contribution in [2.75, 3.05) is 0 Å². The monoisotopic (exact) mass is 543 g/mol. The van der Waals surface area contributed by atoms with E-state index in [4.69, 9.17) is 39.8 Å². The number of aromatic nitrogens is 7. The molecule has 0 aliphatic rings. The van der Waals surface area contributed by atoms with Crippen LogP contribution < -0.4 is 0 Å². The van der Waals surface area contributed by atoms with Gasteiger partial charge in [0.05, 0.1) is 17.3 Å². The molecule has 0 spiro atoms. The van der Waals surface area contributed by atoms with Crippen LogP contribution in [-0.2, 0) is 12.0 Å². The molecule has 11 heteroatoms. The highest BCUT2D eigenvalue weighted by molar-refractivity contribution is 7.14. The van der Waals surface area contributed by atoms with Crippen molar-refractivity contribution in [3.63, 3.8) is 0 Å². The Morgan fingerprint density at radius 3 is 2.31 bits per heavy atom. The average molecular weight is 545 g/mol. The molecule has 0 radical (unpaired) electrons. The van der Waals surface area contributed by atoms with Crippen molar-refractivity contribution in [3.8, 4) is 27.8 Å². The summed E-state index contributed by atoms with van der Waals surface area (Å²) in [5.74, 6) is 0.645. The zero-order valence-electron chi connectivity index (χ0n) is 19.1. The highest BCUT2D eigenvalue weighted by Crippen LogP contribution is 2.38. The fourth-order valence-corrected chi connectivity index (χ4v) is 5.11. The Kier molecular flexibility index (Phi) is 6.40. The van der Waals surface area contributed by atoms with Gasteiger partial charge in [-0.3, -0.25) is 4.57 Å². The van der Waals surface area contributed by atoms with Crippen molar-refractivity contribution in [1.82, 2.24) is 34.5 Å². The fraction of sp³-hybridized carbons (Fsp3) is 0.208. The Morgan fingerprint density at radius 1 is 0.943 bits per heavy atom. The summed E-state index contributed by atoms with van der Waals surface area (Å²) in [5, 5.41) is 16.6. The second-order valence-corrected chi connectivity index (χ2v) is 11.2. The van der Waals surface area contributed by atoms with Gasteiger partial charge in [-0.25, -0.2) is 14.6 Å². The fourth-order valence-electron chi connectivity index (χ4n) is 3.58. The first-order valence-electron chi connectivity index (χ1n) is 10.7. The third-order valence-electron chi connectivity index (χ3n) is 5.28. The zero-order chi connectivity index (χ0) is 24.7. The van der Waals surface area contributed by atoms with E-state index in [9.17, 15) is 0 Å². The number of imidazole rings is 1. The Hall–Kier alpha value is -2.78. The molecule has 5 rings (SSSR count). The van der Waals surface area contributed by atoms with Crippen LogP contribution in [-0.4, -0.2) is 34.5 Å². The van der Waals surface area contributed by atoms with E-state index in [0.717, 1.165) is 22.0 Å². The van der Waals surface area contributed by atoms with Gasteiger partial charge in [-0.05, 0) is 42.5 Å². The lowest BCUT2D eigenvalue weighted by atomic mass is 9.98. The first-order chi connectivity index (χ1) is 16.7. The first kappa shape index (κ1) is 23.9. The van der Waals surface area contributed by atoms with E-state index < -0.39 is 0 Å². The summed E-state index contributed by atoms with van der Waals surface area (Å²) in [6.45, 7) is 6.73. The van der Waals surface area contributed by atoms with Gasteiger partial charge < -0.3 is 0 Å². The smallest absolute Gasteiger partial charge is 0.168 e. The van der Waals surface area contributed by atoms with Crippen LogP contribution in [0.2, 0.25) is 15.1 Å². The molecule has 5 aromatic rings. The maximum atomic E-state index is 6.65. The average Bonchev–Trinajstić information content (AvgIpc) is 3.55. The second-order valence-electron chi connectivity index (χ2n) is 8.92. The minimum Gasteiger partial charge on any atom is -0.294 e. The second kappa shape index (κ2) is 9.35. The van der Waals surface area contributed by atoms with Gasteiger partial charge in [-0.1, -0.05) is 66.9 Å². The molecule has 35 heavy (non-hydrogen) atoms. The third kappa shape index (κ3) is 4.84. The van der Waals surface area contributed by atoms with Gasteiger partial charge in [0.2, 0.25) is 0 Å². The Labute approximate surface area is 221 Å². The standard InChI is InChI=1S/C24H20Cl3N7S/c1-24(2,3)23-32-31-22(35-23)20-19(11-33-13-28-12-29-33)34(16-7-4-14(25)5-8-16)21(30-20)17-9-6-15(26)10-18(17)27/h4-10,12-13H,11H2,1-3H3. The van der Waals surface area contributed by atoms with Gasteiger partial charge >= 0.3 is 0 Å². The van der Waals surface area contributed by atoms with E-state index in [2.05, 4.69) is 41.1 Å². The van der Waals surface area contributed by atoms with Crippen molar-refractivity contribution in [2.24, 2.45) is 0 Å². The van der Waals surface area contributed by atoms with Gasteiger partial charge in [-0.15, -0.1) is 10.2 Å². The molecule has 3 aromatic heterocycles. The summed E-state index contributed by atoms with van der Waals surface area (Å²) in [6, 6.07) is 12.9. The molecule has 0 aliphatic heterocycles. The molecule has 3 heterocycles. The van der Waals surface area contributed by atoms with Gasteiger partial charge in [0.15, 0.2) is 5.01 Å². The van der Waals surface area contributed by atoms with Crippen LogP contribution in [0.4, 0.5) is 0 Å².